The first-order valence-corrected chi connectivity index (χ1v) is 7.38. The van der Waals surface area contributed by atoms with Gasteiger partial charge in [0.15, 0.2) is 0 Å². The van der Waals surface area contributed by atoms with Crippen LogP contribution in [0.2, 0.25) is 0 Å². The summed E-state index contributed by atoms with van der Waals surface area (Å²) in [6, 6.07) is 15.1. The highest BCUT2D eigenvalue weighted by molar-refractivity contribution is 9.10. The van der Waals surface area contributed by atoms with Crippen molar-refractivity contribution in [1.29, 1.82) is 0 Å². The van der Waals surface area contributed by atoms with E-state index in [-0.39, 0.29) is 5.82 Å². The van der Waals surface area contributed by atoms with Crippen molar-refractivity contribution < 1.29 is 4.39 Å². The molecular formula is C16H18BrFN2. The topological polar surface area (TPSA) is 29.3 Å². The maximum atomic E-state index is 13.1. The fourth-order valence-electron chi connectivity index (χ4n) is 2.13. The van der Waals surface area contributed by atoms with Crippen LogP contribution in [0.15, 0.2) is 53.0 Å². The van der Waals surface area contributed by atoms with Gasteiger partial charge in [0.05, 0.1) is 0 Å². The number of hydrogen-bond donors (Lipinski definition) is 1. The molecule has 0 saturated carbocycles. The highest BCUT2D eigenvalue weighted by atomic mass is 79.9. The summed E-state index contributed by atoms with van der Waals surface area (Å²) in [5.41, 5.74) is 8.00. The minimum absolute atomic E-state index is 0.228. The van der Waals surface area contributed by atoms with E-state index in [9.17, 15) is 4.39 Å². The monoisotopic (exact) mass is 336 g/mol. The van der Waals surface area contributed by atoms with Crippen LogP contribution in [0.5, 0.6) is 0 Å². The van der Waals surface area contributed by atoms with E-state index in [0.717, 1.165) is 29.7 Å². The lowest BCUT2D eigenvalue weighted by atomic mass is 10.1. The predicted octanol–water partition coefficient (Wildman–Crippen LogP) is 3.55. The van der Waals surface area contributed by atoms with Gasteiger partial charge in [-0.25, -0.2) is 4.39 Å². The molecule has 0 radical (unpaired) electrons. The molecule has 0 spiro atoms. The summed E-state index contributed by atoms with van der Waals surface area (Å²) < 4.78 is 13.9. The molecule has 0 heterocycles. The normalized spacial score (nSPS) is 11.0. The maximum absolute atomic E-state index is 13.1. The van der Waals surface area contributed by atoms with Gasteiger partial charge in [-0.05, 0) is 23.3 Å². The first-order valence-electron chi connectivity index (χ1n) is 6.59. The number of hydrogen-bond acceptors (Lipinski definition) is 2. The average molecular weight is 337 g/mol. The molecule has 0 aliphatic carbocycles. The van der Waals surface area contributed by atoms with Crippen LogP contribution in [-0.4, -0.2) is 18.0 Å². The molecule has 20 heavy (non-hydrogen) atoms. The fourth-order valence-corrected chi connectivity index (χ4v) is 2.61. The Balaban J connectivity index is 2.09. The quantitative estimate of drug-likeness (QED) is 0.874. The van der Waals surface area contributed by atoms with Crippen LogP contribution in [-0.2, 0) is 13.1 Å². The third-order valence-electron chi connectivity index (χ3n) is 3.10. The molecule has 0 fully saturated rings. The molecule has 0 atom stereocenters. The van der Waals surface area contributed by atoms with E-state index in [4.69, 9.17) is 5.73 Å². The lowest BCUT2D eigenvalue weighted by Gasteiger charge is -2.22. The van der Waals surface area contributed by atoms with Crippen LogP contribution in [0.25, 0.3) is 0 Å². The summed E-state index contributed by atoms with van der Waals surface area (Å²) in [6.45, 7) is 2.99. The summed E-state index contributed by atoms with van der Waals surface area (Å²) in [7, 11) is 0. The van der Waals surface area contributed by atoms with Crippen molar-refractivity contribution in [3.05, 3.63) is 69.9 Å². The molecule has 0 amide bonds. The Bertz CT molecular complexity index is 545. The zero-order valence-corrected chi connectivity index (χ0v) is 12.8. The summed E-state index contributed by atoms with van der Waals surface area (Å²) in [5, 5.41) is 0. The predicted molar refractivity (Wildman–Crippen MR) is 83.7 cm³/mol. The van der Waals surface area contributed by atoms with Crippen molar-refractivity contribution in [2.75, 3.05) is 13.1 Å². The number of benzene rings is 2. The number of halogens is 2. The second kappa shape index (κ2) is 7.53. The molecule has 0 aliphatic heterocycles. The van der Waals surface area contributed by atoms with E-state index in [1.54, 1.807) is 0 Å². The minimum atomic E-state index is -0.228. The van der Waals surface area contributed by atoms with Gasteiger partial charge in [0.25, 0.3) is 0 Å². The third kappa shape index (κ3) is 4.40. The summed E-state index contributed by atoms with van der Waals surface area (Å²) in [4.78, 5) is 2.26. The first kappa shape index (κ1) is 15.2. The van der Waals surface area contributed by atoms with Gasteiger partial charge in [0.2, 0.25) is 0 Å². The highest BCUT2D eigenvalue weighted by Gasteiger charge is 2.09. The Morgan fingerprint density at radius 2 is 1.80 bits per heavy atom. The van der Waals surface area contributed by atoms with Crippen molar-refractivity contribution in [2.45, 2.75) is 13.1 Å². The van der Waals surface area contributed by atoms with Crippen LogP contribution in [0.4, 0.5) is 4.39 Å². The van der Waals surface area contributed by atoms with Crippen molar-refractivity contribution in [3.8, 4) is 0 Å². The summed E-state index contributed by atoms with van der Waals surface area (Å²) >= 11 is 3.41. The molecule has 2 aromatic rings. The second-order valence-corrected chi connectivity index (χ2v) is 5.57. The highest BCUT2D eigenvalue weighted by Crippen LogP contribution is 2.20. The Morgan fingerprint density at radius 1 is 1.05 bits per heavy atom. The van der Waals surface area contributed by atoms with Crippen LogP contribution < -0.4 is 5.73 Å². The van der Waals surface area contributed by atoms with Crippen molar-refractivity contribution in [3.63, 3.8) is 0 Å². The summed E-state index contributed by atoms with van der Waals surface area (Å²) in [5.74, 6) is -0.228. The summed E-state index contributed by atoms with van der Waals surface area (Å²) in [6.07, 6.45) is 0. The van der Waals surface area contributed by atoms with Gasteiger partial charge < -0.3 is 5.73 Å². The van der Waals surface area contributed by atoms with Crippen molar-refractivity contribution in [2.24, 2.45) is 5.73 Å². The molecular weight excluding hydrogens is 319 g/mol. The zero-order chi connectivity index (χ0) is 14.4. The molecule has 0 saturated heterocycles. The van der Waals surface area contributed by atoms with Crippen LogP contribution in [0, 0.1) is 5.82 Å². The van der Waals surface area contributed by atoms with Gasteiger partial charge in [-0.15, -0.1) is 0 Å². The van der Waals surface area contributed by atoms with Crippen molar-refractivity contribution >= 4 is 15.9 Å². The fraction of sp³-hybridized carbons (Fsp3) is 0.250. The number of rotatable bonds is 6. The van der Waals surface area contributed by atoms with Gasteiger partial charge in [-0.1, -0.05) is 52.3 Å². The molecule has 2 nitrogen and oxygen atoms in total. The third-order valence-corrected chi connectivity index (χ3v) is 3.84. The molecule has 0 aromatic heterocycles. The van der Waals surface area contributed by atoms with Gasteiger partial charge in [0, 0.05) is 30.7 Å². The van der Waals surface area contributed by atoms with E-state index >= 15 is 0 Å². The molecule has 2 N–H and O–H groups in total. The van der Waals surface area contributed by atoms with Gasteiger partial charge >= 0.3 is 0 Å². The van der Waals surface area contributed by atoms with Crippen LogP contribution >= 0.6 is 15.9 Å². The Labute approximate surface area is 127 Å². The first-order chi connectivity index (χ1) is 9.69. The Morgan fingerprint density at radius 3 is 2.45 bits per heavy atom. The molecule has 0 aliphatic rings. The molecule has 2 aromatic carbocycles. The lowest BCUT2D eigenvalue weighted by Crippen LogP contribution is -2.28. The average Bonchev–Trinajstić information content (AvgIpc) is 2.43. The molecule has 0 bridgehead atoms. The minimum Gasteiger partial charge on any atom is -0.329 e. The molecule has 4 heteroatoms. The van der Waals surface area contributed by atoms with Gasteiger partial charge in [-0.2, -0.15) is 0 Å². The Kier molecular flexibility index (Phi) is 5.71. The number of nitrogens with zero attached hydrogens (tertiary/aromatic N) is 1. The van der Waals surface area contributed by atoms with Crippen LogP contribution in [0.1, 0.15) is 11.1 Å². The van der Waals surface area contributed by atoms with Crippen LogP contribution in [0.3, 0.4) is 0 Å². The lowest BCUT2D eigenvalue weighted by molar-refractivity contribution is 0.264. The number of nitrogens with two attached hydrogens (primary N) is 1. The maximum Gasteiger partial charge on any atom is 0.124 e. The molecule has 0 unspecified atom stereocenters. The largest absolute Gasteiger partial charge is 0.329 e. The second-order valence-electron chi connectivity index (χ2n) is 4.72. The van der Waals surface area contributed by atoms with E-state index in [1.165, 1.54) is 17.7 Å². The molecule has 106 valence electrons. The van der Waals surface area contributed by atoms with Gasteiger partial charge in [0.1, 0.15) is 5.82 Å². The standard InChI is InChI=1S/C16H18BrFN2/c17-16-10-15(18)7-6-14(16)12-20(9-8-19)11-13-4-2-1-3-5-13/h1-7,10H,8-9,11-12,19H2. The van der Waals surface area contributed by atoms with E-state index < -0.39 is 0 Å². The van der Waals surface area contributed by atoms with Crippen molar-refractivity contribution in [1.82, 2.24) is 4.90 Å². The van der Waals surface area contributed by atoms with E-state index in [0.29, 0.717) is 6.54 Å². The van der Waals surface area contributed by atoms with E-state index in [2.05, 4.69) is 33.0 Å². The van der Waals surface area contributed by atoms with E-state index in [1.807, 2.05) is 24.3 Å². The van der Waals surface area contributed by atoms with Gasteiger partial charge in [-0.3, -0.25) is 4.90 Å². The SMILES string of the molecule is NCCN(Cc1ccccc1)Cc1ccc(F)cc1Br. The zero-order valence-electron chi connectivity index (χ0n) is 11.2. The smallest absolute Gasteiger partial charge is 0.124 e. The molecule has 2 rings (SSSR count). The Hall–Kier alpha value is -1.23.